The van der Waals surface area contributed by atoms with Gasteiger partial charge in [0.05, 0.1) is 11.2 Å². The average molecular weight is 266 g/mol. The fourth-order valence-electron chi connectivity index (χ4n) is 3.12. The van der Waals surface area contributed by atoms with E-state index < -0.39 is 0 Å². The van der Waals surface area contributed by atoms with Crippen molar-refractivity contribution in [2.45, 2.75) is 65.3 Å². The number of nitrogens with two attached hydrogens (primary N) is 1. The fourth-order valence-corrected chi connectivity index (χ4v) is 4.39. The summed E-state index contributed by atoms with van der Waals surface area (Å²) in [5, 5.41) is 1.19. The van der Waals surface area contributed by atoms with Crippen LogP contribution in [-0.2, 0) is 18.4 Å². The molecule has 0 fully saturated rings. The van der Waals surface area contributed by atoms with Crippen LogP contribution in [0.15, 0.2) is 0 Å². The van der Waals surface area contributed by atoms with Gasteiger partial charge in [0.25, 0.3) is 0 Å². The largest absolute Gasteiger partial charge is 0.319 e. The Morgan fingerprint density at radius 2 is 1.78 bits per heavy atom. The summed E-state index contributed by atoms with van der Waals surface area (Å²) < 4.78 is 0. The van der Waals surface area contributed by atoms with Crippen molar-refractivity contribution in [1.82, 2.24) is 4.98 Å². The summed E-state index contributed by atoms with van der Waals surface area (Å²) in [5.74, 6) is 1.24. The second-order valence-corrected chi connectivity index (χ2v) is 7.68. The minimum absolute atomic E-state index is 0.211. The van der Waals surface area contributed by atoms with Gasteiger partial charge in [-0.1, -0.05) is 27.7 Å². The predicted octanol–water partition coefficient (Wildman–Crippen LogP) is 3.88. The van der Waals surface area contributed by atoms with Gasteiger partial charge in [0, 0.05) is 4.88 Å². The molecule has 2 N–H and O–H groups in total. The lowest BCUT2D eigenvalue weighted by atomic mass is 9.83. The molecule has 0 amide bonds. The van der Waals surface area contributed by atoms with Crippen LogP contribution in [0.25, 0.3) is 0 Å². The van der Waals surface area contributed by atoms with E-state index in [0.29, 0.717) is 11.8 Å². The maximum absolute atomic E-state index is 6.73. The molecule has 1 aromatic rings. The Bertz CT molecular complexity index is 375. The molecule has 0 aliphatic heterocycles. The predicted molar refractivity (Wildman–Crippen MR) is 78.9 cm³/mol. The maximum atomic E-state index is 6.73. The summed E-state index contributed by atoms with van der Waals surface area (Å²) in [6.07, 6.45) is 5.73. The van der Waals surface area contributed by atoms with Crippen molar-refractivity contribution >= 4 is 11.3 Å². The van der Waals surface area contributed by atoms with Gasteiger partial charge in [-0.15, -0.1) is 11.3 Å². The molecule has 3 heteroatoms. The highest BCUT2D eigenvalue weighted by Gasteiger charge is 2.34. The summed E-state index contributed by atoms with van der Waals surface area (Å²) >= 11 is 1.88. The fraction of sp³-hybridized carbons (Fsp3) is 0.800. The summed E-state index contributed by atoms with van der Waals surface area (Å²) in [4.78, 5) is 6.36. The van der Waals surface area contributed by atoms with Crippen molar-refractivity contribution in [3.63, 3.8) is 0 Å². The number of rotatable bonds is 5. The normalized spacial score (nSPS) is 15.7. The molecule has 1 aliphatic carbocycles. The van der Waals surface area contributed by atoms with Crippen molar-refractivity contribution in [2.75, 3.05) is 0 Å². The van der Waals surface area contributed by atoms with Crippen LogP contribution in [0.3, 0.4) is 0 Å². The van der Waals surface area contributed by atoms with Gasteiger partial charge in [-0.3, -0.25) is 0 Å². The third kappa shape index (κ3) is 2.94. The van der Waals surface area contributed by atoms with E-state index in [0.717, 1.165) is 19.3 Å². The molecule has 18 heavy (non-hydrogen) atoms. The molecule has 2 nitrogen and oxygen atoms in total. The van der Waals surface area contributed by atoms with Crippen molar-refractivity contribution in [3.05, 3.63) is 15.6 Å². The topological polar surface area (TPSA) is 38.9 Å². The second kappa shape index (κ2) is 5.30. The Labute approximate surface area is 115 Å². The molecule has 1 heterocycles. The first-order chi connectivity index (χ1) is 8.40. The first-order valence-electron chi connectivity index (χ1n) is 7.18. The van der Waals surface area contributed by atoms with E-state index in [9.17, 15) is 0 Å². The first-order valence-corrected chi connectivity index (χ1v) is 8.00. The Hall–Kier alpha value is -0.410. The summed E-state index contributed by atoms with van der Waals surface area (Å²) in [7, 11) is 0. The molecular formula is C15H26N2S. The zero-order valence-corrected chi connectivity index (χ0v) is 12.9. The van der Waals surface area contributed by atoms with Gasteiger partial charge in [-0.25, -0.2) is 4.98 Å². The zero-order valence-electron chi connectivity index (χ0n) is 12.1. The summed E-state index contributed by atoms with van der Waals surface area (Å²) in [6, 6.07) is 0. The van der Waals surface area contributed by atoms with E-state index in [1.165, 1.54) is 28.4 Å². The highest BCUT2D eigenvalue weighted by molar-refractivity contribution is 7.12. The molecule has 0 bridgehead atoms. The monoisotopic (exact) mass is 266 g/mol. The molecule has 1 aromatic heterocycles. The maximum Gasteiger partial charge on any atom is 0.113 e. The van der Waals surface area contributed by atoms with Gasteiger partial charge >= 0.3 is 0 Å². The Morgan fingerprint density at radius 1 is 1.17 bits per heavy atom. The van der Waals surface area contributed by atoms with Crippen LogP contribution in [0, 0.1) is 11.8 Å². The van der Waals surface area contributed by atoms with Gasteiger partial charge in [-0.05, 0) is 43.9 Å². The molecule has 0 atom stereocenters. The van der Waals surface area contributed by atoms with E-state index in [2.05, 4.69) is 27.7 Å². The van der Waals surface area contributed by atoms with Gasteiger partial charge < -0.3 is 5.73 Å². The van der Waals surface area contributed by atoms with Gasteiger partial charge in [-0.2, -0.15) is 0 Å². The van der Waals surface area contributed by atoms with Crippen LogP contribution in [0.5, 0.6) is 0 Å². The van der Waals surface area contributed by atoms with E-state index in [1.807, 2.05) is 11.3 Å². The molecule has 0 saturated carbocycles. The summed E-state index contributed by atoms with van der Waals surface area (Å²) in [6.45, 7) is 9.01. The standard InChI is InChI=1S/C15H26N2S/c1-10(2)8-15(16,9-11(3)4)14-17-12-6-5-7-13(12)18-14/h10-11H,5-9,16H2,1-4H3. The number of hydrogen-bond acceptors (Lipinski definition) is 3. The number of hydrogen-bond donors (Lipinski definition) is 1. The number of nitrogens with zero attached hydrogens (tertiary/aromatic N) is 1. The minimum Gasteiger partial charge on any atom is -0.319 e. The third-order valence-electron chi connectivity index (χ3n) is 3.57. The number of aryl methyl sites for hydroxylation is 2. The molecule has 0 saturated heterocycles. The van der Waals surface area contributed by atoms with E-state index >= 15 is 0 Å². The smallest absolute Gasteiger partial charge is 0.113 e. The van der Waals surface area contributed by atoms with E-state index in [4.69, 9.17) is 10.7 Å². The lowest BCUT2D eigenvalue weighted by Crippen LogP contribution is -2.39. The lowest BCUT2D eigenvalue weighted by Gasteiger charge is -2.31. The van der Waals surface area contributed by atoms with Crippen LogP contribution in [0.4, 0.5) is 0 Å². The minimum atomic E-state index is -0.211. The van der Waals surface area contributed by atoms with E-state index in [-0.39, 0.29) is 5.54 Å². The average Bonchev–Trinajstić information content (AvgIpc) is 2.72. The van der Waals surface area contributed by atoms with Crippen molar-refractivity contribution in [1.29, 1.82) is 0 Å². The Balaban J connectivity index is 2.26. The molecule has 0 unspecified atom stereocenters. The van der Waals surface area contributed by atoms with Gasteiger partial charge in [0.1, 0.15) is 5.01 Å². The highest BCUT2D eigenvalue weighted by atomic mass is 32.1. The molecule has 0 spiro atoms. The molecule has 0 radical (unpaired) electrons. The summed E-state index contributed by atoms with van der Waals surface area (Å²) in [5.41, 5.74) is 7.85. The molecular weight excluding hydrogens is 240 g/mol. The number of fused-ring (bicyclic) bond motifs is 1. The molecule has 0 aromatic carbocycles. The highest BCUT2D eigenvalue weighted by Crippen LogP contribution is 2.38. The van der Waals surface area contributed by atoms with Crippen LogP contribution in [0.1, 0.15) is 62.5 Å². The van der Waals surface area contributed by atoms with Crippen molar-refractivity contribution in [2.24, 2.45) is 17.6 Å². The lowest BCUT2D eigenvalue weighted by molar-refractivity contribution is 0.288. The zero-order chi connectivity index (χ0) is 13.3. The van der Waals surface area contributed by atoms with Crippen molar-refractivity contribution in [3.8, 4) is 0 Å². The third-order valence-corrected chi connectivity index (χ3v) is 4.94. The van der Waals surface area contributed by atoms with Crippen LogP contribution < -0.4 is 5.73 Å². The molecule has 102 valence electrons. The second-order valence-electron chi connectivity index (χ2n) is 6.59. The Kier molecular flexibility index (Phi) is 4.12. The SMILES string of the molecule is CC(C)CC(N)(CC(C)C)c1nc2c(s1)CCC2. The number of thiazole rings is 1. The van der Waals surface area contributed by atoms with Gasteiger partial charge in [0.15, 0.2) is 0 Å². The van der Waals surface area contributed by atoms with Gasteiger partial charge in [0.2, 0.25) is 0 Å². The molecule has 1 aliphatic rings. The van der Waals surface area contributed by atoms with Crippen LogP contribution in [0.2, 0.25) is 0 Å². The van der Waals surface area contributed by atoms with Crippen LogP contribution >= 0.6 is 11.3 Å². The quantitative estimate of drug-likeness (QED) is 0.878. The Morgan fingerprint density at radius 3 is 2.28 bits per heavy atom. The van der Waals surface area contributed by atoms with E-state index in [1.54, 1.807) is 0 Å². The number of aromatic nitrogens is 1. The molecule has 2 rings (SSSR count). The van der Waals surface area contributed by atoms with Crippen LogP contribution in [-0.4, -0.2) is 4.98 Å². The first kappa shape index (κ1) is 14.0. The van der Waals surface area contributed by atoms with Crippen molar-refractivity contribution < 1.29 is 0 Å².